The number of carbonyl (C=O) groups is 1. The minimum atomic E-state index is -0.101. The van der Waals surface area contributed by atoms with Crippen molar-refractivity contribution in [1.29, 1.82) is 0 Å². The fourth-order valence-electron chi connectivity index (χ4n) is 1.48. The highest BCUT2D eigenvalue weighted by molar-refractivity contribution is 7.08. The largest absolute Gasteiger partial charge is 0.399 e. The highest BCUT2D eigenvalue weighted by Gasteiger charge is 2.09. The Bertz CT molecular complexity index is 506. The Labute approximate surface area is 97.9 Å². The van der Waals surface area contributed by atoms with E-state index in [0.717, 1.165) is 11.3 Å². The van der Waals surface area contributed by atoms with Crippen molar-refractivity contribution in [1.82, 2.24) is 0 Å². The number of nitrogens with two attached hydrogens (primary N) is 1. The molecule has 0 aliphatic heterocycles. The molecule has 0 bridgehead atoms. The smallest absolute Gasteiger partial charge is 0.255 e. The second kappa shape index (κ2) is 4.37. The highest BCUT2D eigenvalue weighted by Crippen LogP contribution is 2.16. The molecule has 82 valence electrons. The second-order valence-electron chi connectivity index (χ2n) is 3.54. The molecule has 16 heavy (non-hydrogen) atoms. The molecule has 0 spiro atoms. The van der Waals surface area contributed by atoms with Crippen LogP contribution in [0.15, 0.2) is 35.0 Å². The molecule has 0 unspecified atom stereocenters. The molecule has 3 N–H and O–H groups in total. The lowest BCUT2D eigenvalue weighted by atomic mass is 10.1. The van der Waals surface area contributed by atoms with Crippen LogP contribution in [0.4, 0.5) is 11.4 Å². The quantitative estimate of drug-likeness (QED) is 0.782. The van der Waals surface area contributed by atoms with Gasteiger partial charge in [-0.05, 0) is 42.1 Å². The van der Waals surface area contributed by atoms with E-state index in [1.165, 1.54) is 0 Å². The van der Waals surface area contributed by atoms with Crippen LogP contribution in [0.5, 0.6) is 0 Å². The normalized spacial score (nSPS) is 10.1. The van der Waals surface area contributed by atoms with Crippen molar-refractivity contribution in [3.63, 3.8) is 0 Å². The topological polar surface area (TPSA) is 55.1 Å². The number of thiophene rings is 1. The lowest BCUT2D eigenvalue weighted by Gasteiger charge is -2.06. The first-order chi connectivity index (χ1) is 7.66. The van der Waals surface area contributed by atoms with Crippen molar-refractivity contribution in [2.75, 3.05) is 11.1 Å². The van der Waals surface area contributed by atoms with Gasteiger partial charge in [-0.25, -0.2) is 0 Å². The third-order valence-electron chi connectivity index (χ3n) is 2.27. The third-order valence-corrected chi connectivity index (χ3v) is 2.96. The van der Waals surface area contributed by atoms with Crippen molar-refractivity contribution < 1.29 is 4.79 Å². The first kappa shape index (κ1) is 10.7. The van der Waals surface area contributed by atoms with E-state index in [1.54, 1.807) is 29.5 Å². The van der Waals surface area contributed by atoms with Gasteiger partial charge in [-0.15, -0.1) is 0 Å². The molecule has 0 aliphatic rings. The Morgan fingerprint density at radius 1 is 1.38 bits per heavy atom. The SMILES string of the molecule is Cc1cc(N)ccc1C(=O)Nc1ccsc1. The summed E-state index contributed by atoms with van der Waals surface area (Å²) in [4.78, 5) is 11.9. The first-order valence-corrected chi connectivity index (χ1v) is 5.81. The molecule has 3 nitrogen and oxygen atoms in total. The van der Waals surface area contributed by atoms with Crippen LogP contribution < -0.4 is 11.1 Å². The molecule has 1 heterocycles. The van der Waals surface area contributed by atoms with Crippen molar-refractivity contribution in [3.8, 4) is 0 Å². The van der Waals surface area contributed by atoms with Crippen LogP contribution in [0.1, 0.15) is 15.9 Å². The van der Waals surface area contributed by atoms with E-state index < -0.39 is 0 Å². The fraction of sp³-hybridized carbons (Fsp3) is 0.0833. The van der Waals surface area contributed by atoms with E-state index in [9.17, 15) is 4.79 Å². The maximum Gasteiger partial charge on any atom is 0.255 e. The minimum absolute atomic E-state index is 0.101. The average Bonchev–Trinajstić information content (AvgIpc) is 2.70. The summed E-state index contributed by atoms with van der Waals surface area (Å²) in [6.07, 6.45) is 0. The van der Waals surface area contributed by atoms with Crippen LogP contribution in [0, 0.1) is 6.92 Å². The Morgan fingerprint density at radius 3 is 2.81 bits per heavy atom. The van der Waals surface area contributed by atoms with Gasteiger partial charge in [0.15, 0.2) is 0 Å². The summed E-state index contributed by atoms with van der Waals surface area (Å²) >= 11 is 1.55. The number of benzene rings is 1. The maximum atomic E-state index is 11.9. The number of hydrogen-bond acceptors (Lipinski definition) is 3. The van der Waals surface area contributed by atoms with Gasteiger partial charge in [0, 0.05) is 16.6 Å². The summed E-state index contributed by atoms with van der Waals surface area (Å²) < 4.78 is 0. The van der Waals surface area contributed by atoms with Crippen LogP contribution in [-0.4, -0.2) is 5.91 Å². The summed E-state index contributed by atoms with van der Waals surface area (Å²) in [6, 6.07) is 7.14. The lowest BCUT2D eigenvalue weighted by molar-refractivity contribution is 0.102. The Balaban J connectivity index is 2.21. The summed E-state index contributed by atoms with van der Waals surface area (Å²) in [5, 5.41) is 6.64. The molecular formula is C12H12N2OS. The fourth-order valence-corrected chi connectivity index (χ4v) is 2.06. The predicted molar refractivity (Wildman–Crippen MR) is 67.9 cm³/mol. The van der Waals surface area contributed by atoms with E-state index in [0.29, 0.717) is 11.3 Å². The van der Waals surface area contributed by atoms with E-state index >= 15 is 0 Å². The second-order valence-corrected chi connectivity index (χ2v) is 4.32. The van der Waals surface area contributed by atoms with Crippen molar-refractivity contribution in [2.24, 2.45) is 0 Å². The molecule has 4 heteroatoms. The molecule has 1 aromatic heterocycles. The van der Waals surface area contributed by atoms with Crippen LogP contribution in [0.25, 0.3) is 0 Å². The Kier molecular flexibility index (Phi) is 2.92. The van der Waals surface area contributed by atoms with Gasteiger partial charge in [0.25, 0.3) is 5.91 Å². The summed E-state index contributed by atoms with van der Waals surface area (Å²) in [5.74, 6) is -0.101. The van der Waals surface area contributed by atoms with E-state index in [4.69, 9.17) is 5.73 Å². The van der Waals surface area contributed by atoms with Crippen molar-refractivity contribution >= 4 is 28.6 Å². The van der Waals surface area contributed by atoms with Gasteiger partial charge in [-0.2, -0.15) is 11.3 Å². The molecule has 1 amide bonds. The average molecular weight is 232 g/mol. The van der Waals surface area contributed by atoms with Crippen LogP contribution >= 0.6 is 11.3 Å². The zero-order chi connectivity index (χ0) is 11.5. The van der Waals surface area contributed by atoms with Crippen molar-refractivity contribution in [3.05, 3.63) is 46.2 Å². The third kappa shape index (κ3) is 2.23. The zero-order valence-electron chi connectivity index (χ0n) is 8.86. The molecule has 0 radical (unpaired) electrons. The van der Waals surface area contributed by atoms with Gasteiger partial charge < -0.3 is 11.1 Å². The van der Waals surface area contributed by atoms with Crippen LogP contribution in [0.3, 0.4) is 0 Å². The molecule has 2 aromatic rings. The van der Waals surface area contributed by atoms with Gasteiger partial charge in [-0.1, -0.05) is 0 Å². The molecular weight excluding hydrogens is 220 g/mol. The van der Waals surface area contributed by atoms with Gasteiger partial charge in [0.1, 0.15) is 0 Å². The standard InChI is InChI=1S/C12H12N2OS/c1-8-6-9(13)2-3-11(8)12(15)14-10-4-5-16-7-10/h2-7H,13H2,1H3,(H,14,15). The predicted octanol–water partition coefficient (Wildman–Crippen LogP) is 2.89. The molecule has 0 saturated heterocycles. The monoisotopic (exact) mass is 232 g/mol. The number of rotatable bonds is 2. The van der Waals surface area contributed by atoms with Gasteiger partial charge in [0.2, 0.25) is 0 Å². The number of carbonyl (C=O) groups excluding carboxylic acids is 1. The maximum absolute atomic E-state index is 11.9. The molecule has 0 aliphatic carbocycles. The number of amides is 1. The summed E-state index contributed by atoms with van der Waals surface area (Å²) in [5.41, 5.74) is 8.67. The van der Waals surface area contributed by atoms with Crippen LogP contribution in [-0.2, 0) is 0 Å². The zero-order valence-corrected chi connectivity index (χ0v) is 9.67. The lowest BCUT2D eigenvalue weighted by Crippen LogP contribution is -2.12. The van der Waals surface area contributed by atoms with Gasteiger partial charge in [0.05, 0.1) is 5.69 Å². The Hall–Kier alpha value is -1.81. The van der Waals surface area contributed by atoms with Crippen LogP contribution in [0.2, 0.25) is 0 Å². The molecule has 2 rings (SSSR count). The molecule has 0 saturated carbocycles. The van der Waals surface area contributed by atoms with E-state index in [2.05, 4.69) is 5.32 Å². The number of aryl methyl sites for hydroxylation is 1. The van der Waals surface area contributed by atoms with Gasteiger partial charge in [-0.3, -0.25) is 4.79 Å². The first-order valence-electron chi connectivity index (χ1n) is 4.86. The molecule has 1 aromatic carbocycles. The van der Waals surface area contributed by atoms with E-state index in [1.807, 2.05) is 23.8 Å². The summed E-state index contributed by atoms with van der Waals surface area (Å²) in [6.45, 7) is 1.87. The highest BCUT2D eigenvalue weighted by atomic mass is 32.1. The molecule has 0 fully saturated rings. The van der Waals surface area contributed by atoms with E-state index in [-0.39, 0.29) is 5.91 Å². The minimum Gasteiger partial charge on any atom is -0.399 e. The molecule has 0 atom stereocenters. The number of nitrogen functional groups attached to an aromatic ring is 1. The number of hydrogen-bond donors (Lipinski definition) is 2. The Morgan fingerprint density at radius 2 is 2.19 bits per heavy atom. The number of nitrogens with one attached hydrogen (secondary N) is 1. The number of anilines is 2. The summed E-state index contributed by atoms with van der Waals surface area (Å²) in [7, 11) is 0. The van der Waals surface area contributed by atoms with Crippen molar-refractivity contribution in [2.45, 2.75) is 6.92 Å². The van der Waals surface area contributed by atoms with Gasteiger partial charge >= 0.3 is 0 Å².